The molecule has 1 saturated carbocycles. The van der Waals surface area contributed by atoms with Gasteiger partial charge >= 0.3 is 5.97 Å². The molecule has 1 fully saturated rings. The van der Waals surface area contributed by atoms with Gasteiger partial charge in [0.2, 0.25) is 0 Å². The quantitative estimate of drug-likeness (QED) is 0.524. The highest BCUT2D eigenvalue weighted by Gasteiger charge is 2.37. The summed E-state index contributed by atoms with van der Waals surface area (Å²) in [7, 11) is 1.75. The van der Waals surface area contributed by atoms with Crippen LogP contribution in [-0.4, -0.2) is 18.2 Å². The van der Waals surface area contributed by atoms with Crippen molar-refractivity contribution in [3.8, 4) is 11.5 Å². The van der Waals surface area contributed by atoms with Crippen molar-refractivity contribution in [1.29, 1.82) is 0 Å². The van der Waals surface area contributed by atoms with Crippen molar-refractivity contribution in [1.82, 2.24) is 0 Å². The Morgan fingerprint density at radius 1 is 1.12 bits per heavy atom. The van der Waals surface area contributed by atoms with Crippen LogP contribution < -0.4 is 9.47 Å². The van der Waals surface area contributed by atoms with Crippen LogP contribution in [0.15, 0.2) is 36.4 Å². The number of methoxy groups -OCH3 is 1. The van der Waals surface area contributed by atoms with E-state index in [1.807, 2.05) is 13.0 Å². The molecule has 0 aliphatic heterocycles. The van der Waals surface area contributed by atoms with Crippen molar-refractivity contribution in [2.75, 3.05) is 7.11 Å². The fourth-order valence-corrected chi connectivity index (χ4v) is 5.81. The molecular formula is C28H36O4. The summed E-state index contributed by atoms with van der Waals surface area (Å²) in [6.45, 7) is 7.02. The maximum absolute atomic E-state index is 11.6. The van der Waals surface area contributed by atoms with Gasteiger partial charge < -0.3 is 14.6 Å². The van der Waals surface area contributed by atoms with Crippen LogP contribution in [0.4, 0.5) is 0 Å². The van der Waals surface area contributed by atoms with Gasteiger partial charge in [-0.3, -0.25) is 4.79 Å². The van der Waals surface area contributed by atoms with Crippen molar-refractivity contribution in [2.24, 2.45) is 11.3 Å². The zero-order valence-electron chi connectivity index (χ0n) is 19.8. The van der Waals surface area contributed by atoms with E-state index in [0.717, 1.165) is 41.9 Å². The van der Waals surface area contributed by atoms with Crippen LogP contribution in [-0.2, 0) is 17.8 Å². The molecule has 0 aromatic heterocycles. The highest BCUT2D eigenvalue weighted by atomic mass is 16.5. The molecule has 0 heterocycles. The fraction of sp³-hybridized carbons (Fsp3) is 0.536. The Bertz CT molecular complexity index is 977. The molecule has 0 saturated heterocycles. The monoisotopic (exact) mass is 436 g/mol. The molecule has 32 heavy (non-hydrogen) atoms. The Balaban J connectivity index is 1.54. The van der Waals surface area contributed by atoms with E-state index in [1.165, 1.54) is 30.4 Å². The molecule has 0 bridgehead atoms. The van der Waals surface area contributed by atoms with E-state index in [1.54, 1.807) is 7.11 Å². The Morgan fingerprint density at radius 3 is 2.62 bits per heavy atom. The lowest BCUT2D eigenvalue weighted by molar-refractivity contribution is -0.142. The first-order chi connectivity index (χ1) is 15.3. The number of ether oxygens (including phenoxy) is 2. The maximum atomic E-state index is 11.6. The lowest BCUT2D eigenvalue weighted by Crippen LogP contribution is -2.23. The summed E-state index contributed by atoms with van der Waals surface area (Å²) in [6, 6.07) is 12.6. The molecule has 4 nitrogen and oxygen atoms in total. The largest absolute Gasteiger partial charge is 0.496 e. The van der Waals surface area contributed by atoms with Crippen LogP contribution in [0.3, 0.4) is 0 Å². The van der Waals surface area contributed by atoms with Gasteiger partial charge in [0.15, 0.2) is 0 Å². The van der Waals surface area contributed by atoms with E-state index in [2.05, 4.69) is 44.2 Å². The third-order valence-corrected chi connectivity index (χ3v) is 7.80. The predicted molar refractivity (Wildman–Crippen MR) is 127 cm³/mol. The second kappa shape index (κ2) is 9.17. The van der Waals surface area contributed by atoms with E-state index in [0.29, 0.717) is 12.5 Å². The predicted octanol–water partition coefficient (Wildman–Crippen LogP) is 6.71. The minimum Gasteiger partial charge on any atom is -0.496 e. The Morgan fingerprint density at radius 2 is 1.94 bits per heavy atom. The van der Waals surface area contributed by atoms with Gasteiger partial charge in [-0.25, -0.2) is 0 Å². The lowest BCUT2D eigenvalue weighted by atomic mass is 9.76. The van der Waals surface area contributed by atoms with Crippen molar-refractivity contribution in [2.45, 2.75) is 77.7 Å². The third kappa shape index (κ3) is 4.51. The number of fused-ring (bicyclic) bond motifs is 1. The molecule has 0 amide bonds. The number of carboxylic acid groups (broad SMARTS) is 1. The standard InChI is InChI=1S/C28H36O4/c1-18(27(29)30)22-8-5-7-20-11-12-21(16-23(20)22)32-17-19-10-13-26(31-4)24(15-19)25-9-6-14-28(25,2)3/h10-13,15-16,18,22,25H,5-9,14,17H2,1-4H3,(H,29,30)/t18-,22?,25?/m0/s1. The molecule has 2 aliphatic carbocycles. The van der Waals surface area contributed by atoms with Crippen LogP contribution >= 0.6 is 0 Å². The van der Waals surface area contributed by atoms with E-state index in [-0.39, 0.29) is 17.3 Å². The molecule has 0 spiro atoms. The second-order valence-corrected chi connectivity index (χ2v) is 10.3. The Labute approximate surface area is 191 Å². The van der Waals surface area contributed by atoms with Crippen molar-refractivity contribution < 1.29 is 19.4 Å². The first-order valence-corrected chi connectivity index (χ1v) is 12.0. The maximum Gasteiger partial charge on any atom is 0.306 e. The molecule has 4 rings (SSSR count). The topological polar surface area (TPSA) is 55.8 Å². The fourth-order valence-electron chi connectivity index (χ4n) is 5.81. The Hall–Kier alpha value is -2.49. The zero-order valence-corrected chi connectivity index (χ0v) is 19.8. The van der Waals surface area contributed by atoms with E-state index in [9.17, 15) is 9.90 Å². The lowest BCUT2D eigenvalue weighted by Gasteiger charge is -2.29. The number of hydrogen-bond acceptors (Lipinski definition) is 3. The molecule has 2 aromatic carbocycles. The molecular weight excluding hydrogens is 400 g/mol. The number of carbonyl (C=O) groups is 1. The van der Waals surface area contributed by atoms with Gasteiger partial charge in [0, 0.05) is 0 Å². The SMILES string of the molecule is COc1ccc(COc2ccc3c(c2)C([C@H](C)C(=O)O)CCC3)cc1C1CCCC1(C)C. The van der Waals surface area contributed by atoms with E-state index >= 15 is 0 Å². The highest BCUT2D eigenvalue weighted by molar-refractivity contribution is 5.71. The van der Waals surface area contributed by atoms with Crippen molar-refractivity contribution in [3.63, 3.8) is 0 Å². The summed E-state index contributed by atoms with van der Waals surface area (Å²) in [6.07, 6.45) is 6.67. The van der Waals surface area contributed by atoms with Crippen LogP contribution in [0.25, 0.3) is 0 Å². The van der Waals surface area contributed by atoms with Gasteiger partial charge in [0.1, 0.15) is 18.1 Å². The molecule has 2 aliphatic rings. The average molecular weight is 437 g/mol. The summed E-state index contributed by atoms with van der Waals surface area (Å²) >= 11 is 0. The summed E-state index contributed by atoms with van der Waals surface area (Å²) in [5.41, 5.74) is 5.11. The number of carboxylic acids is 1. The Kier molecular flexibility index (Phi) is 6.50. The molecule has 1 N–H and O–H groups in total. The van der Waals surface area contributed by atoms with Crippen molar-refractivity contribution >= 4 is 5.97 Å². The summed E-state index contributed by atoms with van der Waals surface area (Å²) < 4.78 is 11.9. The first kappa shape index (κ1) is 22.7. The molecule has 4 heteroatoms. The molecule has 2 unspecified atom stereocenters. The number of aryl methyl sites for hydroxylation is 1. The molecule has 2 aromatic rings. The average Bonchev–Trinajstić information content (AvgIpc) is 3.15. The van der Waals surface area contributed by atoms with Gasteiger partial charge in [-0.2, -0.15) is 0 Å². The number of hydrogen-bond donors (Lipinski definition) is 1. The first-order valence-electron chi connectivity index (χ1n) is 12.0. The second-order valence-electron chi connectivity index (χ2n) is 10.3. The van der Waals surface area contributed by atoms with E-state index < -0.39 is 5.97 Å². The van der Waals surface area contributed by atoms with Gasteiger partial charge in [-0.1, -0.05) is 39.3 Å². The van der Waals surface area contributed by atoms with Crippen molar-refractivity contribution in [3.05, 3.63) is 58.7 Å². The highest BCUT2D eigenvalue weighted by Crippen LogP contribution is 2.51. The van der Waals surface area contributed by atoms with Crippen LogP contribution in [0.2, 0.25) is 0 Å². The summed E-state index contributed by atoms with van der Waals surface area (Å²) in [4.78, 5) is 11.6. The summed E-state index contributed by atoms with van der Waals surface area (Å²) in [5, 5.41) is 9.54. The van der Waals surface area contributed by atoms with Gasteiger partial charge in [-0.15, -0.1) is 0 Å². The number of aliphatic carboxylic acids is 1. The normalized spacial score (nSPS) is 22.8. The number of rotatable bonds is 7. The summed E-state index contributed by atoms with van der Waals surface area (Å²) in [5.74, 6) is 1.22. The molecule has 3 atom stereocenters. The third-order valence-electron chi connectivity index (χ3n) is 7.80. The molecule has 172 valence electrons. The van der Waals surface area contributed by atoms with E-state index in [4.69, 9.17) is 9.47 Å². The van der Waals surface area contributed by atoms with Crippen LogP contribution in [0.1, 0.15) is 87.0 Å². The van der Waals surface area contributed by atoms with Crippen LogP contribution in [0, 0.1) is 11.3 Å². The van der Waals surface area contributed by atoms with Gasteiger partial charge in [0.05, 0.1) is 13.0 Å². The minimum atomic E-state index is -0.727. The zero-order chi connectivity index (χ0) is 22.9. The smallest absolute Gasteiger partial charge is 0.306 e. The minimum absolute atomic E-state index is 0.0528. The molecule has 0 radical (unpaired) electrons. The van der Waals surface area contributed by atoms with Gasteiger partial charge in [0.25, 0.3) is 0 Å². The number of benzene rings is 2. The van der Waals surface area contributed by atoms with Crippen LogP contribution in [0.5, 0.6) is 11.5 Å². The van der Waals surface area contributed by atoms with Gasteiger partial charge in [-0.05, 0) is 95.9 Å².